The van der Waals surface area contributed by atoms with Crippen molar-refractivity contribution in [2.75, 3.05) is 12.0 Å². The first-order valence-corrected chi connectivity index (χ1v) is 9.03. The smallest absolute Gasteiger partial charge is 0.280 e. The number of ether oxygens (including phenoxy) is 1. The van der Waals surface area contributed by atoms with Gasteiger partial charge in [0.05, 0.1) is 13.2 Å². The third kappa shape index (κ3) is 2.70. The molecule has 27 heavy (non-hydrogen) atoms. The van der Waals surface area contributed by atoms with E-state index >= 15 is 0 Å². The molecular weight excluding hydrogens is 338 g/mol. The largest absolute Gasteiger partial charge is 0.496 e. The molecule has 1 aromatic heterocycles. The van der Waals surface area contributed by atoms with Gasteiger partial charge >= 0.3 is 0 Å². The highest BCUT2D eigenvalue weighted by molar-refractivity contribution is 6.10. The van der Waals surface area contributed by atoms with Crippen LogP contribution in [0.1, 0.15) is 54.1 Å². The summed E-state index contributed by atoms with van der Waals surface area (Å²) >= 11 is 0. The van der Waals surface area contributed by atoms with Crippen molar-refractivity contribution < 1.29 is 9.53 Å². The molecule has 138 valence electrons. The molecule has 0 radical (unpaired) electrons. The highest BCUT2D eigenvalue weighted by atomic mass is 16.5. The Bertz CT molecular complexity index is 986. The van der Waals surface area contributed by atoms with E-state index in [1.165, 1.54) is 0 Å². The van der Waals surface area contributed by atoms with Crippen molar-refractivity contribution in [2.45, 2.75) is 32.2 Å². The first-order chi connectivity index (χ1) is 12.9. The van der Waals surface area contributed by atoms with Crippen molar-refractivity contribution in [2.24, 2.45) is 0 Å². The fraction of sp³-hybridized carbons (Fsp3) is 0.273. The molecule has 0 saturated heterocycles. The fourth-order valence-electron chi connectivity index (χ4n) is 3.75. The predicted molar refractivity (Wildman–Crippen MR) is 105 cm³/mol. The van der Waals surface area contributed by atoms with Crippen molar-refractivity contribution in [3.63, 3.8) is 0 Å². The van der Waals surface area contributed by atoms with Crippen LogP contribution >= 0.6 is 0 Å². The maximum atomic E-state index is 13.3. The quantitative estimate of drug-likeness (QED) is 0.749. The number of nitrogens with one attached hydrogen (secondary N) is 1. The van der Waals surface area contributed by atoms with E-state index in [4.69, 9.17) is 4.74 Å². The molecule has 0 fully saturated rings. The van der Waals surface area contributed by atoms with Crippen LogP contribution in [0, 0.1) is 0 Å². The van der Waals surface area contributed by atoms with Crippen molar-refractivity contribution in [1.82, 2.24) is 10.2 Å². The summed E-state index contributed by atoms with van der Waals surface area (Å²) in [6, 6.07) is 17.3. The van der Waals surface area contributed by atoms with Crippen LogP contribution in [0.25, 0.3) is 0 Å². The molecule has 1 N–H and O–H groups in total. The minimum absolute atomic E-state index is 0.0983. The molecule has 0 bridgehead atoms. The van der Waals surface area contributed by atoms with Crippen LogP contribution in [0.15, 0.2) is 54.6 Å². The number of aromatic amines is 1. The lowest BCUT2D eigenvalue weighted by atomic mass is 9.85. The predicted octanol–water partition coefficient (Wildman–Crippen LogP) is 4.47. The number of rotatable bonds is 3. The van der Waals surface area contributed by atoms with Crippen molar-refractivity contribution >= 4 is 11.6 Å². The number of H-pyrrole nitrogens is 1. The van der Waals surface area contributed by atoms with Gasteiger partial charge in [-0.3, -0.25) is 14.8 Å². The summed E-state index contributed by atoms with van der Waals surface area (Å²) in [5.74, 6) is 0.656. The monoisotopic (exact) mass is 361 g/mol. The maximum Gasteiger partial charge on any atom is 0.280 e. The molecule has 5 heteroatoms. The number of carbonyl (C=O) groups excluding carboxylic acids is 1. The number of aromatic nitrogens is 2. The highest BCUT2D eigenvalue weighted by Gasteiger charge is 2.45. The molecule has 1 amide bonds. The van der Waals surface area contributed by atoms with Gasteiger partial charge in [-0.25, -0.2) is 0 Å². The third-order valence-corrected chi connectivity index (χ3v) is 4.97. The van der Waals surface area contributed by atoms with Gasteiger partial charge in [-0.15, -0.1) is 0 Å². The van der Waals surface area contributed by atoms with Gasteiger partial charge in [0, 0.05) is 27.9 Å². The summed E-state index contributed by atoms with van der Waals surface area (Å²) in [7, 11) is 1.66. The lowest BCUT2D eigenvalue weighted by Gasteiger charge is -2.29. The third-order valence-electron chi connectivity index (χ3n) is 4.97. The Balaban J connectivity index is 1.99. The van der Waals surface area contributed by atoms with Gasteiger partial charge in [-0.05, 0) is 18.2 Å². The van der Waals surface area contributed by atoms with E-state index < -0.39 is 0 Å². The Hall–Kier alpha value is -3.08. The van der Waals surface area contributed by atoms with E-state index in [0.29, 0.717) is 5.69 Å². The second-order valence-electron chi connectivity index (χ2n) is 7.77. The van der Waals surface area contributed by atoms with E-state index in [1.54, 1.807) is 7.11 Å². The first kappa shape index (κ1) is 17.3. The van der Waals surface area contributed by atoms with Crippen molar-refractivity contribution in [1.29, 1.82) is 0 Å². The number of para-hydroxylation sites is 2. The standard InChI is InChI=1S/C22H23N3O2/c1-22(2,3)20-17-18(23-24-20)21(26)25(14-10-6-5-7-11-14)19(17)15-12-8-9-13-16(15)27-4/h5-13,19H,1-4H3,(H,23,24)/t19-/m0/s1. The average Bonchev–Trinajstić information content (AvgIpc) is 3.21. The van der Waals surface area contributed by atoms with E-state index in [0.717, 1.165) is 28.3 Å². The number of hydrogen-bond donors (Lipinski definition) is 1. The van der Waals surface area contributed by atoms with Gasteiger partial charge in [0.25, 0.3) is 5.91 Å². The number of anilines is 1. The molecule has 3 aromatic rings. The van der Waals surface area contributed by atoms with Crippen LogP contribution in [0.5, 0.6) is 5.75 Å². The summed E-state index contributed by atoms with van der Waals surface area (Å²) in [5.41, 5.74) is 4.01. The number of amides is 1. The van der Waals surface area contributed by atoms with Crippen LogP contribution in [0.4, 0.5) is 5.69 Å². The molecule has 5 nitrogen and oxygen atoms in total. The second kappa shape index (κ2) is 6.27. The van der Waals surface area contributed by atoms with Crippen LogP contribution in [-0.4, -0.2) is 23.2 Å². The molecule has 0 aliphatic carbocycles. The first-order valence-electron chi connectivity index (χ1n) is 9.03. The Kier molecular flexibility index (Phi) is 4.02. The second-order valence-corrected chi connectivity index (χ2v) is 7.77. The summed E-state index contributed by atoms with van der Waals surface area (Å²) < 4.78 is 5.63. The Morgan fingerprint density at radius 2 is 1.70 bits per heavy atom. The van der Waals surface area contributed by atoms with Crippen molar-refractivity contribution in [3.8, 4) is 5.75 Å². The minimum atomic E-state index is -0.293. The molecule has 2 heterocycles. The minimum Gasteiger partial charge on any atom is -0.496 e. The van der Waals surface area contributed by atoms with Crippen LogP contribution in [0.2, 0.25) is 0 Å². The molecule has 2 aromatic carbocycles. The number of carbonyl (C=O) groups is 1. The zero-order valence-corrected chi connectivity index (χ0v) is 16.0. The highest BCUT2D eigenvalue weighted by Crippen LogP contribution is 2.46. The average molecular weight is 361 g/mol. The molecule has 4 rings (SSSR count). The molecule has 1 atom stereocenters. The molecular formula is C22H23N3O2. The summed E-state index contributed by atoms with van der Waals surface area (Å²) in [4.78, 5) is 15.1. The van der Waals surface area contributed by atoms with Crippen molar-refractivity contribution in [3.05, 3.63) is 77.1 Å². The SMILES string of the molecule is COc1ccccc1[C@H]1c2c(n[nH]c2C(C)(C)C)C(=O)N1c1ccccc1. The van der Waals surface area contributed by atoms with Gasteiger partial charge in [0.1, 0.15) is 5.75 Å². The van der Waals surface area contributed by atoms with E-state index in [-0.39, 0.29) is 17.4 Å². The van der Waals surface area contributed by atoms with Gasteiger partial charge in [-0.2, -0.15) is 5.10 Å². The van der Waals surface area contributed by atoms with Gasteiger partial charge in [-0.1, -0.05) is 57.2 Å². The zero-order valence-electron chi connectivity index (χ0n) is 16.0. The number of fused-ring (bicyclic) bond motifs is 1. The molecule has 1 aliphatic heterocycles. The van der Waals surface area contributed by atoms with E-state index in [2.05, 4.69) is 31.0 Å². The molecule has 1 aliphatic rings. The Labute approximate surface area is 159 Å². The van der Waals surface area contributed by atoms with E-state index in [9.17, 15) is 4.79 Å². The fourth-order valence-corrected chi connectivity index (χ4v) is 3.75. The van der Waals surface area contributed by atoms with Gasteiger partial charge in [0.2, 0.25) is 0 Å². The number of nitrogens with zero attached hydrogens (tertiary/aromatic N) is 2. The molecule has 0 spiro atoms. The zero-order chi connectivity index (χ0) is 19.2. The van der Waals surface area contributed by atoms with Crippen LogP contribution in [-0.2, 0) is 5.41 Å². The summed E-state index contributed by atoms with van der Waals surface area (Å²) in [5, 5.41) is 7.51. The molecule has 0 saturated carbocycles. The molecule has 0 unspecified atom stereocenters. The Morgan fingerprint density at radius 3 is 2.37 bits per heavy atom. The van der Waals surface area contributed by atoms with E-state index in [1.807, 2.05) is 59.5 Å². The Morgan fingerprint density at radius 1 is 1.04 bits per heavy atom. The summed E-state index contributed by atoms with van der Waals surface area (Å²) in [6.07, 6.45) is 0. The van der Waals surface area contributed by atoms with Gasteiger partial charge < -0.3 is 4.74 Å². The lowest BCUT2D eigenvalue weighted by Crippen LogP contribution is -2.30. The lowest BCUT2D eigenvalue weighted by molar-refractivity contribution is 0.0988. The maximum absolute atomic E-state index is 13.3. The normalized spacial score (nSPS) is 16.5. The summed E-state index contributed by atoms with van der Waals surface area (Å²) in [6.45, 7) is 6.36. The number of hydrogen-bond acceptors (Lipinski definition) is 3. The number of benzene rings is 2. The van der Waals surface area contributed by atoms with Crippen LogP contribution in [0.3, 0.4) is 0 Å². The number of methoxy groups -OCH3 is 1. The van der Waals surface area contributed by atoms with Crippen LogP contribution < -0.4 is 9.64 Å². The topological polar surface area (TPSA) is 58.2 Å². The van der Waals surface area contributed by atoms with Gasteiger partial charge in [0.15, 0.2) is 5.69 Å².